The molecule has 2 heterocycles. The lowest BCUT2D eigenvalue weighted by Gasteiger charge is -2.28. The molecule has 0 unspecified atom stereocenters. The predicted molar refractivity (Wildman–Crippen MR) is 254 cm³/mol. The van der Waals surface area contributed by atoms with Crippen LogP contribution in [0.15, 0.2) is 186 Å². The van der Waals surface area contributed by atoms with E-state index in [4.69, 9.17) is 4.42 Å². The van der Waals surface area contributed by atoms with Crippen LogP contribution in [0.4, 0.5) is 34.1 Å². The summed E-state index contributed by atoms with van der Waals surface area (Å²) in [6.07, 6.45) is 0. The third-order valence-corrected chi connectivity index (χ3v) is 14.4. The first-order valence-electron chi connectivity index (χ1n) is 20.8. The minimum atomic E-state index is -0.0939. The number of benzene rings is 8. The number of thiophene rings is 1. The molecule has 12 rings (SSSR count). The van der Waals surface area contributed by atoms with E-state index in [-0.39, 0.29) is 10.8 Å². The smallest absolute Gasteiger partial charge is 0.154 e. The number of rotatable bonds is 6. The van der Waals surface area contributed by atoms with Gasteiger partial charge in [-0.15, -0.1) is 11.3 Å². The van der Waals surface area contributed by atoms with Crippen molar-refractivity contribution in [3.63, 3.8) is 0 Å². The van der Waals surface area contributed by atoms with Crippen molar-refractivity contribution in [2.45, 2.75) is 38.5 Å². The van der Waals surface area contributed by atoms with Crippen molar-refractivity contribution < 1.29 is 4.42 Å². The predicted octanol–water partition coefficient (Wildman–Crippen LogP) is 16.4. The zero-order valence-corrected chi connectivity index (χ0v) is 34.8. The molecule has 2 aromatic heterocycles. The highest BCUT2D eigenvalue weighted by molar-refractivity contribution is 7.26. The van der Waals surface area contributed by atoms with Gasteiger partial charge in [-0.3, -0.25) is 0 Å². The summed E-state index contributed by atoms with van der Waals surface area (Å²) in [7, 11) is 0. The molecule has 0 N–H and O–H groups in total. The van der Waals surface area contributed by atoms with E-state index in [0.29, 0.717) is 0 Å². The van der Waals surface area contributed by atoms with Gasteiger partial charge in [0, 0.05) is 66.5 Å². The molecule has 288 valence electrons. The van der Waals surface area contributed by atoms with E-state index in [1.54, 1.807) is 0 Å². The van der Waals surface area contributed by atoms with Crippen LogP contribution < -0.4 is 9.80 Å². The summed E-state index contributed by atoms with van der Waals surface area (Å²) in [6.45, 7) is 9.38. The molecule has 60 heavy (non-hydrogen) atoms. The fraction of sp³-hybridized carbons (Fsp3) is 0.107. The van der Waals surface area contributed by atoms with Gasteiger partial charge in [-0.1, -0.05) is 125 Å². The molecule has 0 saturated heterocycles. The Bertz CT molecular complexity index is 3110. The highest BCUT2D eigenvalue weighted by atomic mass is 32.1. The SMILES string of the molecule is CC1(C)c2ccccc2-c2ccc(N(c3ccccc3)c3ccc4c(c3)oc3c5ccc(N(c6ccccc6)c6ccc7c(c6)C(C)(C)c6ccccc6-7)cc5sc43)cc21. The third kappa shape index (κ3) is 5.07. The first kappa shape index (κ1) is 35.1. The maximum absolute atomic E-state index is 6.86. The van der Waals surface area contributed by atoms with E-state index in [0.717, 1.165) is 56.1 Å². The Balaban J connectivity index is 0.948. The quantitative estimate of drug-likeness (QED) is 0.167. The zero-order chi connectivity index (χ0) is 40.3. The molecule has 10 aromatic rings. The largest absolute Gasteiger partial charge is 0.454 e. The minimum Gasteiger partial charge on any atom is -0.454 e. The Morgan fingerprint density at radius 2 is 0.817 bits per heavy atom. The Morgan fingerprint density at radius 3 is 1.37 bits per heavy atom. The van der Waals surface area contributed by atoms with Crippen LogP contribution in [0, 0.1) is 0 Å². The molecule has 2 aliphatic rings. The summed E-state index contributed by atoms with van der Waals surface area (Å²) in [5.41, 5.74) is 19.1. The average Bonchev–Trinajstić information content (AvgIpc) is 3.95. The Morgan fingerprint density at radius 1 is 0.383 bits per heavy atom. The number of anilines is 6. The number of hydrogen-bond donors (Lipinski definition) is 0. The molecule has 4 heteroatoms. The third-order valence-electron chi connectivity index (χ3n) is 13.2. The highest BCUT2D eigenvalue weighted by Crippen LogP contribution is 2.53. The second-order valence-electron chi connectivity index (χ2n) is 17.4. The number of furan rings is 1. The lowest BCUT2D eigenvalue weighted by molar-refractivity contribution is 0.660. The summed E-state index contributed by atoms with van der Waals surface area (Å²) in [6, 6.07) is 66.6. The monoisotopic (exact) mass is 790 g/mol. The number of para-hydroxylation sites is 2. The van der Waals surface area contributed by atoms with Gasteiger partial charge in [0.25, 0.3) is 0 Å². The summed E-state index contributed by atoms with van der Waals surface area (Å²) in [5, 5.41) is 2.27. The van der Waals surface area contributed by atoms with Crippen LogP contribution in [0.2, 0.25) is 0 Å². The molecule has 8 aromatic carbocycles. The average molecular weight is 791 g/mol. The number of fused-ring (bicyclic) bond motifs is 11. The summed E-state index contributed by atoms with van der Waals surface area (Å²) in [5.74, 6) is 0. The maximum Gasteiger partial charge on any atom is 0.154 e. The van der Waals surface area contributed by atoms with E-state index in [2.05, 4.69) is 219 Å². The molecular weight excluding hydrogens is 749 g/mol. The normalized spacial score (nSPS) is 14.3. The molecule has 0 aliphatic heterocycles. The fourth-order valence-corrected chi connectivity index (χ4v) is 11.4. The molecule has 0 saturated carbocycles. The van der Waals surface area contributed by atoms with Gasteiger partial charge in [0.15, 0.2) is 5.58 Å². The molecule has 3 nitrogen and oxygen atoms in total. The van der Waals surface area contributed by atoms with Crippen LogP contribution >= 0.6 is 11.3 Å². The Hall–Kier alpha value is -6.88. The topological polar surface area (TPSA) is 19.6 Å². The molecule has 0 fully saturated rings. The maximum atomic E-state index is 6.86. The lowest BCUT2D eigenvalue weighted by atomic mass is 9.82. The van der Waals surface area contributed by atoms with Gasteiger partial charge >= 0.3 is 0 Å². The first-order chi connectivity index (χ1) is 29.3. The van der Waals surface area contributed by atoms with Crippen LogP contribution in [0.25, 0.3) is 53.6 Å². The van der Waals surface area contributed by atoms with Gasteiger partial charge in [0.05, 0.1) is 4.70 Å². The van der Waals surface area contributed by atoms with E-state index >= 15 is 0 Å². The first-order valence-corrected chi connectivity index (χ1v) is 21.7. The molecule has 0 spiro atoms. The lowest BCUT2D eigenvalue weighted by Crippen LogP contribution is -2.16. The second-order valence-corrected chi connectivity index (χ2v) is 18.4. The van der Waals surface area contributed by atoms with Gasteiger partial charge in [-0.05, 0) is 123 Å². The summed E-state index contributed by atoms with van der Waals surface area (Å²) < 4.78 is 9.24. The summed E-state index contributed by atoms with van der Waals surface area (Å²) >= 11 is 1.81. The van der Waals surface area contributed by atoms with Gasteiger partial charge < -0.3 is 14.2 Å². The van der Waals surface area contributed by atoms with Crippen molar-refractivity contribution in [1.29, 1.82) is 0 Å². The fourth-order valence-electron chi connectivity index (χ4n) is 10.2. The molecule has 2 aliphatic carbocycles. The van der Waals surface area contributed by atoms with E-state index in [1.807, 2.05) is 11.3 Å². The summed E-state index contributed by atoms with van der Waals surface area (Å²) in [4.78, 5) is 4.75. The standard InChI is InChI=1S/C56H42N2OS/c1-55(2)47-21-13-11-19-41(47)43-27-23-37(31-49(43)55)57(35-15-7-5-8-16-35)39-25-29-45-51(33-39)59-53-46-30-26-40(34-52(46)60-54(45)53)58(36-17-9-6-10-18-36)38-24-28-44-42-20-12-14-22-48(42)56(3,4)50(44)32-38/h5-34H,1-4H3. The van der Waals surface area contributed by atoms with Gasteiger partial charge in [-0.25, -0.2) is 0 Å². The minimum absolute atomic E-state index is 0.0871. The van der Waals surface area contributed by atoms with Crippen LogP contribution in [-0.2, 0) is 10.8 Å². The Kier molecular flexibility index (Phi) is 7.49. The van der Waals surface area contributed by atoms with Crippen LogP contribution in [0.5, 0.6) is 0 Å². The van der Waals surface area contributed by atoms with Gasteiger partial charge in [-0.2, -0.15) is 0 Å². The van der Waals surface area contributed by atoms with E-state index in [9.17, 15) is 0 Å². The highest BCUT2D eigenvalue weighted by Gasteiger charge is 2.37. The van der Waals surface area contributed by atoms with Crippen molar-refractivity contribution >= 4 is 76.8 Å². The zero-order valence-electron chi connectivity index (χ0n) is 34.0. The molecule has 0 atom stereocenters. The molecule has 0 radical (unpaired) electrons. The van der Waals surface area contributed by atoms with E-state index < -0.39 is 0 Å². The second kappa shape index (κ2) is 12.8. The molecule has 0 amide bonds. The van der Waals surface area contributed by atoms with Crippen molar-refractivity contribution in [2.75, 3.05) is 9.80 Å². The van der Waals surface area contributed by atoms with Crippen LogP contribution in [0.3, 0.4) is 0 Å². The van der Waals surface area contributed by atoms with Crippen LogP contribution in [-0.4, -0.2) is 0 Å². The van der Waals surface area contributed by atoms with Crippen LogP contribution in [0.1, 0.15) is 49.9 Å². The van der Waals surface area contributed by atoms with Crippen molar-refractivity contribution in [3.05, 3.63) is 204 Å². The van der Waals surface area contributed by atoms with E-state index in [1.165, 1.54) is 53.9 Å². The Labute approximate surface area is 354 Å². The van der Waals surface area contributed by atoms with Crippen molar-refractivity contribution in [1.82, 2.24) is 0 Å². The molecular formula is C56H42N2OS. The number of nitrogens with zero attached hydrogens (tertiary/aromatic N) is 2. The van der Waals surface area contributed by atoms with Gasteiger partial charge in [0.1, 0.15) is 5.58 Å². The number of hydrogen-bond acceptors (Lipinski definition) is 4. The van der Waals surface area contributed by atoms with Gasteiger partial charge in [0.2, 0.25) is 0 Å². The van der Waals surface area contributed by atoms with Crippen molar-refractivity contribution in [2.24, 2.45) is 0 Å². The van der Waals surface area contributed by atoms with Crippen molar-refractivity contribution in [3.8, 4) is 22.3 Å². The molecule has 0 bridgehead atoms.